The van der Waals surface area contributed by atoms with E-state index in [-0.39, 0.29) is 5.56 Å². The number of aromatic amines is 2. The van der Waals surface area contributed by atoms with Crippen molar-refractivity contribution in [2.45, 2.75) is 6.54 Å². The standard InChI is InChI=1S/C19H14FN3O2/c20-13-6-5-11-7-15(19(25)23-17(11)8-13)18(24)22-10-12-9-21-16-4-2-1-3-14(12)16/h1-9,21H,10H2,(H,22,24)(H,23,25). The van der Waals surface area contributed by atoms with Crippen molar-refractivity contribution >= 4 is 27.7 Å². The molecule has 1 amide bonds. The molecule has 25 heavy (non-hydrogen) atoms. The van der Waals surface area contributed by atoms with E-state index in [4.69, 9.17) is 0 Å². The number of aromatic nitrogens is 2. The van der Waals surface area contributed by atoms with Gasteiger partial charge in [0, 0.05) is 23.6 Å². The molecule has 4 aromatic rings. The fourth-order valence-corrected chi connectivity index (χ4v) is 2.89. The van der Waals surface area contributed by atoms with E-state index in [1.165, 1.54) is 24.3 Å². The molecule has 124 valence electrons. The van der Waals surface area contributed by atoms with Gasteiger partial charge in [0.15, 0.2) is 0 Å². The van der Waals surface area contributed by atoms with Gasteiger partial charge in [0.2, 0.25) is 0 Å². The van der Waals surface area contributed by atoms with Crippen LogP contribution in [-0.2, 0) is 6.54 Å². The third-order valence-electron chi connectivity index (χ3n) is 4.17. The third-order valence-corrected chi connectivity index (χ3v) is 4.17. The summed E-state index contributed by atoms with van der Waals surface area (Å²) < 4.78 is 13.2. The molecule has 4 rings (SSSR count). The number of carbonyl (C=O) groups is 1. The van der Waals surface area contributed by atoms with Crippen LogP contribution in [-0.4, -0.2) is 15.9 Å². The summed E-state index contributed by atoms with van der Waals surface area (Å²) in [6.07, 6.45) is 1.83. The molecular formula is C19H14FN3O2. The van der Waals surface area contributed by atoms with Crippen LogP contribution in [0.5, 0.6) is 0 Å². The molecule has 0 aliphatic heterocycles. The lowest BCUT2D eigenvalue weighted by Crippen LogP contribution is -2.29. The quantitative estimate of drug-likeness (QED) is 0.538. The van der Waals surface area contributed by atoms with Gasteiger partial charge in [0.05, 0.1) is 5.52 Å². The minimum atomic E-state index is -0.547. The smallest absolute Gasteiger partial charge is 0.261 e. The molecule has 0 aliphatic carbocycles. The fraction of sp³-hybridized carbons (Fsp3) is 0.0526. The molecule has 2 aromatic carbocycles. The monoisotopic (exact) mass is 335 g/mol. The van der Waals surface area contributed by atoms with Gasteiger partial charge < -0.3 is 15.3 Å². The number of rotatable bonds is 3. The summed E-state index contributed by atoms with van der Waals surface area (Å²) in [5, 5.41) is 4.37. The first-order valence-electron chi connectivity index (χ1n) is 7.77. The SMILES string of the molecule is O=C(NCc1c[nH]c2ccccc12)c1cc2ccc(F)cc2[nH]c1=O. The van der Waals surface area contributed by atoms with Crippen LogP contribution in [0.4, 0.5) is 4.39 Å². The Bertz CT molecular complexity index is 1160. The summed E-state index contributed by atoms with van der Waals surface area (Å²) in [4.78, 5) is 30.2. The Balaban J connectivity index is 1.60. The Morgan fingerprint density at radius 1 is 1.08 bits per heavy atom. The Kier molecular flexibility index (Phi) is 3.57. The van der Waals surface area contributed by atoms with Crippen LogP contribution in [0.15, 0.2) is 59.5 Å². The number of carbonyl (C=O) groups excluding carboxylic acids is 1. The molecule has 0 unspecified atom stereocenters. The van der Waals surface area contributed by atoms with Crippen molar-refractivity contribution in [3.05, 3.63) is 82.0 Å². The van der Waals surface area contributed by atoms with Gasteiger partial charge in [-0.1, -0.05) is 18.2 Å². The minimum absolute atomic E-state index is 0.000973. The average Bonchev–Trinajstić information content (AvgIpc) is 3.02. The molecule has 2 aromatic heterocycles. The topological polar surface area (TPSA) is 77.8 Å². The average molecular weight is 335 g/mol. The summed E-state index contributed by atoms with van der Waals surface area (Å²) in [7, 11) is 0. The van der Waals surface area contributed by atoms with E-state index in [2.05, 4.69) is 15.3 Å². The first-order chi connectivity index (χ1) is 12.1. The molecular weight excluding hydrogens is 321 g/mol. The number of pyridine rings is 1. The second-order valence-electron chi connectivity index (χ2n) is 5.79. The molecule has 0 saturated heterocycles. The van der Waals surface area contributed by atoms with Crippen LogP contribution in [0.25, 0.3) is 21.8 Å². The van der Waals surface area contributed by atoms with Crippen LogP contribution >= 0.6 is 0 Å². The van der Waals surface area contributed by atoms with Crippen LogP contribution in [0, 0.1) is 5.82 Å². The minimum Gasteiger partial charge on any atom is -0.361 e. The molecule has 0 fully saturated rings. The van der Waals surface area contributed by atoms with Gasteiger partial charge in [0.1, 0.15) is 11.4 Å². The van der Waals surface area contributed by atoms with Crippen LogP contribution in [0.2, 0.25) is 0 Å². The Labute approximate surface area is 141 Å². The van der Waals surface area contributed by atoms with Crippen molar-refractivity contribution in [1.29, 1.82) is 0 Å². The highest BCUT2D eigenvalue weighted by Gasteiger charge is 2.13. The Hall–Kier alpha value is -3.41. The Morgan fingerprint density at radius 3 is 2.80 bits per heavy atom. The highest BCUT2D eigenvalue weighted by atomic mass is 19.1. The number of hydrogen-bond donors (Lipinski definition) is 3. The molecule has 0 saturated carbocycles. The van der Waals surface area contributed by atoms with Crippen molar-refractivity contribution in [3.63, 3.8) is 0 Å². The fourth-order valence-electron chi connectivity index (χ4n) is 2.89. The van der Waals surface area contributed by atoms with Crippen molar-refractivity contribution in [1.82, 2.24) is 15.3 Å². The van der Waals surface area contributed by atoms with Crippen molar-refractivity contribution in [2.75, 3.05) is 0 Å². The van der Waals surface area contributed by atoms with Crippen LogP contribution in [0.3, 0.4) is 0 Å². The molecule has 5 nitrogen and oxygen atoms in total. The number of halogens is 1. The summed E-state index contributed by atoms with van der Waals surface area (Å²) in [6.45, 7) is 0.295. The number of benzene rings is 2. The summed E-state index contributed by atoms with van der Waals surface area (Å²) >= 11 is 0. The maximum absolute atomic E-state index is 13.2. The van der Waals surface area contributed by atoms with E-state index in [9.17, 15) is 14.0 Å². The predicted octanol–water partition coefficient (Wildman–Crippen LogP) is 3.08. The summed E-state index contributed by atoms with van der Waals surface area (Å²) in [5.74, 6) is -0.919. The first-order valence-corrected chi connectivity index (χ1v) is 7.77. The highest BCUT2D eigenvalue weighted by Crippen LogP contribution is 2.17. The molecule has 0 spiro atoms. The number of amides is 1. The Morgan fingerprint density at radius 2 is 1.92 bits per heavy atom. The number of fused-ring (bicyclic) bond motifs is 2. The van der Waals surface area contributed by atoms with Gasteiger partial charge in [-0.15, -0.1) is 0 Å². The first kappa shape index (κ1) is 15.1. The predicted molar refractivity (Wildman–Crippen MR) is 94.0 cm³/mol. The number of nitrogens with one attached hydrogen (secondary N) is 3. The normalized spacial score (nSPS) is 11.1. The zero-order chi connectivity index (χ0) is 17.4. The number of H-pyrrole nitrogens is 2. The molecule has 0 atom stereocenters. The van der Waals surface area contributed by atoms with E-state index in [1.54, 1.807) is 0 Å². The second kappa shape index (κ2) is 5.90. The number of hydrogen-bond acceptors (Lipinski definition) is 2. The molecule has 3 N–H and O–H groups in total. The largest absolute Gasteiger partial charge is 0.361 e. The lowest BCUT2D eigenvalue weighted by Gasteiger charge is -2.06. The van der Waals surface area contributed by atoms with Crippen LogP contribution < -0.4 is 10.9 Å². The highest BCUT2D eigenvalue weighted by molar-refractivity contribution is 5.97. The van der Waals surface area contributed by atoms with Gasteiger partial charge in [-0.3, -0.25) is 9.59 Å². The maximum Gasteiger partial charge on any atom is 0.261 e. The van der Waals surface area contributed by atoms with E-state index in [0.717, 1.165) is 16.5 Å². The van der Waals surface area contributed by atoms with Crippen molar-refractivity contribution in [3.8, 4) is 0 Å². The molecule has 6 heteroatoms. The zero-order valence-corrected chi connectivity index (χ0v) is 13.1. The van der Waals surface area contributed by atoms with Crippen molar-refractivity contribution < 1.29 is 9.18 Å². The van der Waals surface area contributed by atoms with Gasteiger partial charge in [-0.25, -0.2) is 4.39 Å². The van der Waals surface area contributed by atoms with Gasteiger partial charge in [-0.2, -0.15) is 0 Å². The van der Waals surface area contributed by atoms with Crippen LogP contribution in [0.1, 0.15) is 15.9 Å². The molecule has 0 aliphatic rings. The lowest BCUT2D eigenvalue weighted by atomic mass is 10.1. The third kappa shape index (κ3) is 2.78. The van der Waals surface area contributed by atoms with Gasteiger partial charge in [0.25, 0.3) is 11.5 Å². The zero-order valence-electron chi connectivity index (χ0n) is 13.1. The van der Waals surface area contributed by atoms with Gasteiger partial charge >= 0.3 is 0 Å². The van der Waals surface area contributed by atoms with E-state index < -0.39 is 17.3 Å². The van der Waals surface area contributed by atoms with Gasteiger partial charge in [-0.05, 0) is 41.3 Å². The lowest BCUT2D eigenvalue weighted by molar-refractivity contribution is 0.0949. The number of para-hydroxylation sites is 1. The molecule has 0 radical (unpaired) electrons. The molecule has 0 bridgehead atoms. The molecule has 2 heterocycles. The summed E-state index contributed by atoms with van der Waals surface area (Å²) in [6, 6.07) is 13.3. The summed E-state index contributed by atoms with van der Waals surface area (Å²) in [5.41, 5.74) is 1.73. The maximum atomic E-state index is 13.2. The van der Waals surface area contributed by atoms with E-state index in [1.807, 2.05) is 30.5 Å². The van der Waals surface area contributed by atoms with Crippen molar-refractivity contribution in [2.24, 2.45) is 0 Å². The van der Waals surface area contributed by atoms with E-state index >= 15 is 0 Å². The van der Waals surface area contributed by atoms with E-state index in [0.29, 0.717) is 17.4 Å². The second-order valence-corrected chi connectivity index (χ2v) is 5.79.